The molecule has 0 bridgehead atoms. The quantitative estimate of drug-likeness (QED) is 0.520. The number of hydrogen-bond donors (Lipinski definition) is 2. The van der Waals surface area contributed by atoms with Gasteiger partial charge in [0.25, 0.3) is 0 Å². The van der Waals surface area contributed by atoms with Crippen molar-refractivity contribution in [3.63, 3.8) is 0 Å². The fraction of sp³-hybridized carbons (Fsp3) is 0.667. The molecule has 0 amide bonds. The molecule has 0 saturated carbocycles. The number of guanidine groups is 1. The van der Waals surface area contributed by atoms with Gasteiger partial charge in [0, 0.05) is 39.3 Å². The highest BCUT2D eigenvalue weighted by Crippen LogP contribution is 2.21. The zero-order valence-electron chi connectivity index (χ0n) is 17.7. The van der Waals surface area contributed by atoms with E-state index in [1.807, 2.05) is 12.1 Å². The number of hydrogen-bond acceptors (Lipinski definition) is 4. The molecule has 29 heavy (non-hydrogen) atoms. The largest absolute Gasteiger partial charge is 0.355 e. The van der Waals surface area contributed by atoms with Crippen molar-refractivity contribution in [2.45, 2.75) is 56.5 Å². The number of likely N-dealkylation sites (tertiary alicyclic amines) is 1. The first-order chi connectivity index (χ1) is 14.0. The van der Waals surface area contributed by atoms with E-state index in [-0.39, 0.29) is 0 Å². The molecule has 0 aromatic heterocycles. The van der Waals surface area contributed by atoms with E-state index in [1.54, 1.807) is 23.5 Å². The van der Waals surface area contributed by atoms with E-state index >= 15 is 0 Å². The number of benzene rings is 1. The molecule has 1 atom stereocenters. The van der Waals surface area contributed by atoms with Gasteiger partial charge in [-0.15, -0.1) is 0 Å². The highest BCUT2D eigenvalue weighted by molar-refractivity contribution is 7.89. The predicted octanol–water partition coefficient (Wildman–Crippen LogP) is 2.01. The van der Waals surface area contributed by atoms with Crippen LogP contribution in [0.1, 0.15) is 44.6 Å². The normalized spacial score (nSPS) is 22.0. The second-order valence-electron chi connectivity index (χ2n) is 7.84. The lowest BCUT2D eigenvalue weighted by atomic mass is 10.2. The Morgan fingerprint density at radius 2 is 1.93 bits per heavy atom. The molecule has 7 nitrogen and oxygen atoms in total. The van der Waals surface area contributed by atoms with Gasteiger partial charge in [0.05, 0.1) is 4.90 Å². The zero-order valence-corrected chi connectivity index (χ0v) is 18.5. The van der Waals surface area contributed by atoms with E-state index in [4.69, 9.17) is 0 Å². The Morgan fingerprint density at radius 1 is 1.14 bits per heavy atom. The fourth-order valence-corrected chi connectivity index (χ4v) is 5.82. The first-order valence-electron chi connectivity index (χ1n) is 10.8. The summed E-state index contributed by atoms with van der Waals surface area (Å²) in [7, 11) is -1.64. The van der Waals surface area contributed by atoms with Crippen LogP contribution in [0, 0.1) is 0 Å². The number of nitrogens with zero attached hydrogens (tertiary/aromatic N) is 3. The third-order valence-corrected chi connectivity index (χ3v) is 7.84. The first-order valence-corrected chi connectivity index (χ1v) is 12.3. The van der Waals surface area contributed by atoms with Gasteiger partial charge in [-0.2, -0.15) is 4.31 Å². The third-order valence-electron chi connectivity index (χ3n) is 5.95. The van der Waals surface area contributed by atoms with E-state index in [0.29, 0.717) is 30.6 Å². The molecule has 0 spiro atoms. The lowest BCUT2D eigenvalue weighted by Crippen LogP contribution is -2.44. The molecule has 3 rings (SSSR count). The second-order valence-corrected chi connectivity index (χ2v) is 9.78. The molecular weight excluding hydrogens is 386 g/mol. The molecular formula is C21H35N5O2S. The predicted molar refractivity (Wildman–Crippen MR) is 118 cm³/mol. The van der Waals surface area contributed by atoms with Gasteiger partial charge in [-0.1, -0.05) is 25.5 Å². The van der Waals surface area contributed by atoms with Crippen molar-refractivity contribution in [3.8, 4) is 0 Å². The average Bonchev–Trinajstić information content (AvgIpc) is 3.22. The van der Waals surface area contributed by atoms with Crippen molar-refractivity contribution in [1.29, 1.82) is 0 Å². The van der Waals surface area contributed by atoms with Crippen LogP contribution in [0.2, 0.25) is 0 Å². The van der Waals surface area contributed by atoms with Gasteiger partial charge < -0.3 is 10.6 Å². The Labute approximate surface area is 175 Å². The molecule has 1 aromatic rings. The number of rotatable bonds is 7. The van der Waals surface area contributed by atoms with Crippen LogP contribution in [0.3, 0.4) is 0 Å². The monoisotopic (exact) mass is 421 g/mol. The molecule has 2 saturated heterocycles. The van der Waals surface area contributed by atoms with Gasteiger partial charge in [0.15, 0.2) is 5.96 Å². The minimum Gasteiger partial charge on any atom is -0.355 e. The fourth-order valence-electron chi connectivity index (χ4n) is 4.23. The number of likely N-dealkylation sites (N-methyl/N-ethyl adjacent to an activating group) is 1. The molecule has 162 valence electrons. The highest BCUT2D eigenvalue weighted by atomic mass is 32.2. The third kappa shape index (κ3) is 5.71. The molecule has 0 radical (unpaired) electrons. The molecule has 2 N–H and O–H groups in total. The van der Waals surface area contributed by atoms with Gasteiger partial charge in [-0.3, -0.25) is 9.89 Å². The van der Waals surface area contributed by atoms with Crippen molar-refractivity contribution in [2.24, 2.45) is 4.99 Å². The summed E-state index contributed by atoms with van der Waals surface area (Å²) in [6.07, 6.45) is 5.47. The summed E-state index contributed by atoms with van der Waals surface area (Å²) in [5, 5.41) is 6.73. The number of aliphatic imine (C=N–C) groups is 1. The van der Waals surface area contributed by atoms with Crippen LogP contribution in [-0.4, -0.2) is 69.4 Å². The van der Waals surface area contributed by atoms with E-state index in [2.05, 4.69) is 27.4 Å². The average molecular weight is 422 g/mol. The summed E-state index contributed by atoms with van der Waals surface area (Å²) in [5.41, 5.74) is 0.932. The summed E-state index contributed by atoms with van der Waals surface area (Å²) in [5.74, 6) is 0.747. The summed E-state index contributed by atoms with van der Waals surface area (Å²) < 4.78 is 27.4. The molecule has 2 fully saturated rings. The zero-order chi connectivity index (χ0) is 20.7. The number of nitrogens with one attached hydrogen (secondary N) is 2. The molecule has 2 heterocycles. The second kappa shape index (κ2) is 10.4. The molecule has 2 aliphatic heterocycles. The first kappa shape index (κ1) is 22.1. The topological polar surface area (TPSA) is 77.0 Å². The van der Waals surface area contributed by atoms with Gasteiger partial charge in [-0.05, 0) is 56.5 Å². The molecule has 8 heteroatoms. The van der Waals surface area contributed by atoms with Crippen LogP contribution in [0.4, 0.5) is 0 Å². The van der Waals surface area contributed by atoms with Crippen LogP contribution in [-0.2, 0) is 16.6 Å². The van der Waals surface area contributed by atoms with Crippen LogP contribution in [0.25, 0.3) is 0 Å². The van der Waals surface area contributed by atoms with Crippen LogP contribution in [0.15, 0.2) is 34.2 Å². The Balaban J connectivity index is 1.56. The Bertz CT molecular complexity index is 790. The Morgan fingerprint density at radius 3 is 2.66 bits per heavy atom. The van der Waals surface area contributed by atoms with Crippen molar-refractivity contribution < 1.29 is 8.42 Å². The van der Waals surface area contributed by atoms with Crippen molar-refractivity contribution >= 4 is 16.0 Å². The van der Waals surface area contributed by atoms with Crippen molar-refractivity contribution in [1.82, 2.24) is 19.8 Å². The van der Waals surface area contributed by atoms with Gasteiger partial charge in [0.2, 0.25) is 10.0 Å². The van der Waals surface area contributed by atoms with E-state index in [9.17, 15) is 8.42 Å². The Kier molecular flexibility index (Phi) is 7.91. The van der Waals surface area contributed by atoms with E-state index < -0.39 is 10.0 Å². The standard InChI is InChI=1S/C21H35N5O2S/c1-3-25-12-8-10-19(25)17-24-21(22-2)23-16-18-9-7-11-20(15-18)29(27,28)26-13-5-4-6-14-26/h7,9,11,15,19H,3-6,8,10,12-14,16-17H2,1-2H3,(H2,22,23,24). The minimum atomic E-state index is -3.40. The van der Waals surface area contributed by atoms with Crippen LogP contribution >= 0.6 is 0 Å². The van der Waals surface area contributed by atoms with Gasteiger partial charge in [0.1, 0.15) is 0 Å². The number of sulfonamides is 1. The SMILES string of the molecule is CCN1CCCC1CNC(=NC)NCc1cccc(S(=O)(=O)N2CCCCC2)c1. The van der Waals surface area contributed by atoms with Gasteiger partial charge >= 0.3 is 0 Å². The maximum absolute atomic E-state index is 12.9. The lowest BCUT2D eigenvalue weighted by molar-refractivity contribution is 0.267. The highest BCUT2D eigenvalue weighted by Gasteiger charge is 2.26. The molecule has 1 unspecified atom stereocenters. The summed E-state index contributed by atoms with van der Waals surface area (Å²) in [6, 6.07) is 7.80. The van der Waals surface area contributed by atoms with Crippen molar-refractivity contribution in [3.05, 3.63) is 29.8 Å². The lowest BCUT2D eigenvalue weighted by Gasteiger charge is -2.26. The van der Waals surface area contributed by atoms with E-state index in [0.717, 1.165) is 43.9 Å². The summed E-state index contributed by atoms with van der Waals surface area (Å²) in [6.45, 7) is 7.11. The van der Waals surface area contributed by atoms with Crippen LogP contribution in [0.5, 0.6) is 0 Å². The molecule has 0 aliphatic carbocycles. The summed E-state index contributed by atoms with van der Waals surface area (Å²) >= 11 is 0. The molecule has 1 aromatic carbocycles. The van der Waals surface area contributed by atoms with E-state index in [1.165, 1.54) is 19.4 Å². The summed E-state index contributed by atoms with van der Waals surface area (Å²) in [4.78, 5) is 7.18. The maximum atomic E-state index is 12.9. The van der Waals surface area contributed by atoms with Crippen molar-refractivity contribution in [2.75, 3.05) is 39.8 Å². The smallest absolute Gasteiger partial charge is 0.243 e. The number of piperidine rings is 1. The van der Waals surface area contributed by atoms with Crippen LogP contribution < -0.4 is 10.6 Å². The molecule has 2 aliphatic rings. The maximum Gasteiger partial charge on any atom is 0.243 e. The van der Waals surface area contributed by atoms with Gasteiger partial charge in [-0.25, -0.2) is 8.42 Å². The minimum absolute atomic E-state index is 0.381. The Hall–Kier alpha value is -1.64.